The van der Waals surface area contributed by atoms with Crippen molar-refractivity contribution in [3.8, 4) is 0 Å². The lowest BCUT2D eigenvalue weighted by atomic mass is 10.1. The number of carboxylic acid groups (broad SMARTS) is 1. The summed E-state index contributed by atoms with van der Waals surface area (Å²) in [5, 5.41) is 15.1. The van der Waals surface area contributed by atoms with Gasteiger partial charge >= 0.3 is 23.3 Å². The average molecular weight is 349 g/mol. The second-order valence-electron chi connectivity index (χ2n) is 6.07. The number of amides is 1. The maximum atomic E-state index is 11.6. The molecule has 0 saturated carbocycles. The van der Waals surface area contributed by atoms with E-state index in [1.165, 1.54) is 4.31 Å². The predicted molar refractivity (Wildman–Crippen MR) is 83.7 cm³/mol. The zero-order chi connectivity index (χ0) is 17.6. The molecular weight excluding hydrogens is 326 g/mol. The normalized spacial score (nSPS) is 18.9. The van der Waals surface area contributed by atoms with Crippen LogP contribution in [0.1, 0.15) is 47.0 Å². The number of hydrogen-bond donors (Lipinski definition) is 2. The van der Waals surface area contributed by atoms with Gasteiger partial charge in [-0.1, -0.05) is 5.16 Å². The number of ether oxygens (including phenoxy) is 1. The van der Waals surface area contributed by atoms with Crippen molar-refractivity contribution in [2.75, 3.05) is 6.54 Å². The number of nitrogens with zero attached hydrogens (tertiary/aromatic N) is 2. The Morgan fingerprint density at radius 1 is 1.43 bits per heavy atom. The van der Waals surface area contributed by atoms with E-state index in [1.807, 2.05) is 0 Å². The van der Waals surface area contributed by atoms with Crippen LogP contribution in [0.3, 0.4) is 0 Å². The first-order valence-electron chi connectivity index (χ1n) is 7.24. The van der Waals surface area contributed by atoms with E-state index in [9.17, 15) is 13.8 Å². The third-order valence-electron chi connectivity index (χ3n) is 2.87. The molecule has 0 spiro atoms. The van der Waals surface area contributed by atoms with Gasteiger partial charge in [0, 0.05) is 6.54 Å². The molecule has 0 bridgehead atoms. The molecule has 0 aromatic rings. The molecule has 0 aliphatic carbocycles. The molecule has 10 heteroatoms. The molecule has 0 aromatic carbocycles. The minimum absolute atomic E-state index is 0.242. The number of amidine groups is 1. The SMILES string of the molecule is CC1=NOS(=O)N1CCCCC(NC(=O)OC(C)(C)C)C(=O)O. The topological polar surface area (TPSA) is 118 Å². The second-order valence-corrected chi connectivity index (χ2v) is 7.09. The fourth-order valence-electron chi connectivity index (χ4n) is 1.83. The highest BCUT2D eigenvalue weighted by atomic mass is 32.2. The van der Waals surface area contributed by atoms with Crippen LogP contribution in [-0.2, 0) is 25.1 Å². The molecule has 23 heavy (non-hydrogen) atoms. The first kappa shape index (κ1) is 19.2. The van der Waals surface area contributed by atoms with Crippen molar-refractivity contribution in [2.45, 2.75) is 58.6 Å². The number of carboxylic acids is 1. The molecule has 0 saturated heterocycles. The van der Waals surface area contributed by atoms with Gasteiger partial charge in [0.25, 0.3) is 0 Å². The monoisotopic (exact) mass is 349 g/mol. The van der Waals surface area contributed by atoms with Crippen molar-refractivity contribution in [3.63, 3.8) is 0 Å². The van der Waals surface area contributed by atoms with E-state index >= 15 is 0 Å². The van der Waals surface area contributed by atoms with Crippen LogP contribution in [0.25, 0.3) is 0 Å². The fraction of sp³-hybridized carbons (Fsp3) is 0.769. The molecule has 1 heterocycles. The van der Waals surface area contributed by atoms with Crippen LogP contribution in [0, 0.1) is 0 Å². The Morgan fingerprint density at radius 3 is 2.57 bits per heavy atom. The molecule has 0 aromatic heterocycles. The molecule has 0 radical (unpaired) electrons. The van der Waals surface area contributed by atoms with Crippen LogP contribution in [0.4, 0.5) is 4.79 Å². The smallest absolute Gasteiger partial charge is 0.408 e. The van der Waals surface area contributed by atoms with Crippen molar-refractivity contribution in [1.29, 1.82) is 0 Å². The minimum atomic E-state index is -1.61. The highest BCUT2D eigenvalue weighted by molar-refractivity contribution is 7.78. The Hall–Kier alpha value is -1.84. The first-order valence-corrected chi connectivity index (χ1v) is 8.27. The van der Waals surface area contributed by atoms with Gasteiger partial charge < -0.3 is 15.2 Å². The van der Waals surface area contributed by atoms with Gasteiger partial charge in [-0.15, -0.1) is 0 Å². The van der Waals surface area contributed by atoms with Crippen LogP contribution in [-0.4, -0.2) is 49.7 Å². The number of carbonyl (C=O) groups is 2. The second kappa shape index (κ2) is 8.14. The van der Waals surface area contributed by atoms with Crippen LogP contribution in [0.5, 0.6) is 0 Å². The van der Waals surface area contributed by atoms with E-state index < -0.39 is 35.0 Å². The van der Waals surface area contributed by atoms with Crippen LogP contribution in [0.15, 0.2) is 5.16 Å². The third-order valence-corrected chi connectivity index (χ3v) is 3.88. The Kier molecular flexibility index (Phi) is 6.79. The third kappa shape index (κ3) is 6.85. The summed E-state index contributed by atoms with van der Waals surface area (Å²) in [5.74, 6) is -0.605. The zero-order valence-corrected chi connectivity index (χ0v) is 14.5. The first-order chi connectivity index (χ1) is 10.6. The van der Waals surface area contributed by atoms with Gasteiger partial charge in [-0.2, -0.15) is 4.21 Å². The Balaban J connectivity index is 2.36. The van der Waals surface area contributed by atoms with Gasteiger partial charge in [0.1, 0.15) is 11.6 Å². The molecule has 9 nitrogen and oxygen atoms in total. The summed E-state index contributed by atoms with van der Waals surface area (Å²) in [6.07, 6.45) is 0.587. The largest absolute Gasteiger partial charge is 0.480 e. The number of hydrogen-bond acceptors (Lipinski definition) is 6. The van der Waals surface area contributed by atoms with E-state index in [4.69, 9.17) is 9.84 Å². The number of unbranched alkanes of at least 4 members (excludes halogenated alkanes) is 1. The lowest BCUT2D eigenvalue weighted by molar-refractivity contribution is -0.139. The fourth-order valence-corrected chi connectivity index (χ4v) is 2.61. The molecule has 0 fully saturated rings. The summed E-state index contributed by atoms with van der Waals surface area (Å²) in [4.78, 5) is 22.8. The highest BCUT2D eigenvalue weighted by Crippen LogP contribution is 2.12. The lowest BCUT2D eigenvalue weighted by Gasteiger charge is -2.22. The standard InChI is InChI=1S/C13H23N3O6S/c1-9-15-22-23(20)16(9)8-6-5-7-10(11(17)18)14-12(19)21-13(2,3)4/h10H,5-8H2,1-4H3,(H,14,19)(H,17,18). The molecule has 2 N–H and O–H groups in total. The van der Waals surface area contributed by atoms with Crippen molar-refractivity contribution >= 4 is 29.2 Å². The van der Waals surface area contributed by atoms with E-state index in [0.29, 0.717) is 25.2 Å². The average Bonchev–Trinajstić information content (AvgIpc) is 2.71. The maximum absolute atomic E-state index is 11.6. The van der Waals surface area contributed by atoms with Gasteiger partial charge in [-0.25, -0.2) is 13.9 Å². The van der Waals surface area contributed by atoms with Crippen molar-refractivity contribution in [2.24, 2.45) is 5.16 Å². The van der Waals surface area contributed by atoms with E-state index in [0.717, 1.165) is 0 Å². The number of carbonyl (C=O) groups excluding carboxylic acids is 1. The minimum Gasteiger partial charge on any atom is -0.480 e. The van der Waals surface area contributed by atoms with Gasteiger partial charge in [0.15, 0.2) is 5.84 Å². The van der Waals surface area contributed by atoms with Gasteiger partial charge in [0.2, 0.25) is 0 Å². The molecular formula is C13H23N3O6S. The van der Waals surface area contributed by atoms with Gasteiger partial charge in [0.05, 0.1) is 0 Å². The summed E-state index contributed by atoms with van der Waals surface area (Å²) in [6.45, 7) is 7.20. The summed E-state index contributed by atoms with van der Waals surface area (Å²) >= 11 is -1.61. The van der Waals surface area contributed by atoms with E-state index in [2.05, 4.69) is 14.8 Å². The molecule has 1 amide bonds. The molecule has 1 rings (SSSR count). The molecule has 2 atom stereocenters. The molecule has 1 aliphatic rings. The molecule has 2 unspecified atom stereocenters. The number of oxime groups is 1. The van der Waals surface area contributed by atoms with Gasteiger partial charge in [-0.3, -0.25) is 4.28 Å². The van der Waals surface area contributed by atoms with E-state index in [1.54, 1.807) is 27.7 Å². The molecule has 132 valence electrons. The van der Waals surface area contributed by atoms with Crippen molar-refractivity contribution in [3.05, 3.63) is 0 Å². The lowest BCUT2D eigenvalue weighted by Crippen LogP contribution is -2.43. The maximum Gasteiger partial charge on any atom is 0.408 e. The Labute approximate surface area is 137 Å². The quantitative estimate of drug-likeness (QED) is 0.671. The van der Waals surface area contributed by atoms with Gasteiger partial charge in [-0.05, 0) is 47.0 Å². The van der Waals surface area contributed by atoms with Crippen LogP contribution >= 0.6 is 0 Å². The van der Waals surface area contributed by atoms with Crippen molar-refractivity contribution < 1.29 is 27.9 Å². The van der Waals surface area contributed by atoms with Crippen LogP contribution < -0.4 is 5.32 Å². The molecule has 1 aliphatic heterocycles. The number of rotatable bonds is 7. The summed E-state index contributed by atoms with van der Waals surface area (Å²) in [6, 6.07) is -1.03. The number of alkyl carbamates (subject to hydrolysis) is 1. The zero-order valence-electron chi connectivity index (χ0n) is 13.7. The highest BCUT2D eigenvalue weighted by Gasteiger charge is 2.25. The summed E-state index contributed by atoms with van der Waals surface area (Å²) in [7, 11) is 0. The Morgan fingerprint density at radius 2 is 2.09 bits per heavy atom. The Bertz CT molecular complexity index is 502. The van der Waals surface area contributed by atoms with Crippen molar-refractivity contribution in [1.82, 2.24) is 9.62 Å². The summed E-state index contributed by atoms with van der Waals surface area (Å²) in [5.41, 5.74) is -0.691. The summed E-state index contributed by atoms with van der Waals surface area (Å²) < 4.78 is 22.6. The predicted octanol–water partition coefficient (Wildman–Crippen LogP) is 1.38. The number of aliphatic carboxylic acids is 1. The van der Waals surface area contributed by atoms with Crippen LogP contribution in [0.2, 0.25) is 0 Å². The number of nitrogens with one attached hydrogen (secondary N) is 1. The van der Waals surface area contributed by atoms with E-state index in [-0.39, 0.29) is 6.42 Å².